The first kappa shape index (κ1) is 15.5. The molecule has 0 atom stereocenters. The molecule has 2 nitrogen and oxygen atoms in total. The van der Waals surface area contributed by atoms with Crippen LogP contribution in [0.4, 0.5) is 4.39 Å². The maximum absolute atomic E-state index is 13.5. The van der Waals surface area contributed by atoms with Gasteiger partial charge >= 0.3 is 0 Å². The number of benzene rings is 1. The summed E-state index contributed by atoms with van der Waals surface area (Å²) in [4.78, 5) is 9.00. The Morgan fingerprint density at radius 2 is 1.80 bits per heavy atom. The summed E-state index contributed by atoms with van der Waals surface area (Å²) in [6.45, 7) is 2.04. The number of rotatable bonds is 5. The van der Waals surface area contributed by atoms with E-state index >= 15 is 0 Å². The highest BCUT2D eigenvalue weighted by atomic mass is 35.5. The van der Waals surface area contributed by atoms with Crippen LogP contribution in [0.3, 0.4) is 0 Å². The third kappa shape index (κ3) is 3.84. The Labute approximate surface area is 131 Å². The summed E-state index contributed by atoms with van der Waals surface area (Å²) in [5.74, 6) is 0.678. The van der Waals surface area contributed by atoms with Crippen LogP contribution >= 0.6 is 35.0 Å². The lowest BCUT2D eigenvalue weighted by molar-refractivity contribution is 0.602. The summed E-state index contributed by atoms with van der Waals surface area (Å²) in [5, 5.41) is 0.770. The molecule has 20 heavy (non-hydrogen) atoms. The van der Waals surface area contributed by atoms with Crippen LogP contribution in [0, 0.1) is 5.82 Å². The molecule has 0 radical (unpaired) electrons. The number of hydrogen-bond donors (Lipinski definition) is 0. The van der Waals surface area contributed by atoms with Gasteiger partial charge in [0.05, 0.1) is 5.75 Å². The summed E-state index contributed by atoms with van der Waals surface area (Å²) in [6, 6.07) is 6.59. The molecule has 0 fully saturated rings. The normalized spacial score (nSPS) is 10.8. The van der Waals surface area contributed by atoms with Crippen molar-refractivity contribution in [3.8, 4) is 0 Å². The number of aromatic nitrogens is 2. The van der Waals surface area contributed by atoms with E-state index in [9.17, 15) is 4.39 Å². The molecule has 0 amide bonds. The number of hydrogen-bond acceptors (Lipinski definition) is 3. The molecule has 0 spiro atoms. The highest BCUT2D eigenvalue weighted by Crippen LogP contribution is 2.27. The van der Waals surface area contributed by atoms with Gasteiger partial charge in [-0.25, -0.2) is 14.4 Å². The third-order valence-electron chi connectivity index (χ3n) is 2.65. The predicted molar refractivity (Wildman–Crippen MR) is 82.0 cm³/mol. The molecular formula is C14H13Cl2FN2S. The summed E-state index contributed by atoms with van der Waals surface area (Å²) in [6.07, 6.45) is 1.67. The molecule has 0 unspecified atom stereocenters. The molecule has 1 aromatic carbocycles. The number of halogens is 3. The molecule has 1 aromatic heterocycles. The number of thioether (sulfide) groups is 1. The fourth-order valence-corrected chi connectivity index (χ4v) is 3.10. The molecular weight excluding hydrogens is 318 g/mol. The monoisotopic (exact) mass is 330 g/mol. The zero-order valence-corrected chi connectivity index (χ0v) is 13.2. The molecule has 106 valence electrons. The lowest BCUT2D eigenvalue weighted by Crippen LogP contribution is -2.00. The maximum atomic E-state index is 13.5. The van der Waals surface area contributed by atoms with Crippen LogP contribution in [0.25, 0.3) is 0 Å². The van der Waals surface area contributed by atoms with Crippen molar-refractivity contribution < 1.29 is 4.39 Å². The van der Waals surface area contributed by atoms with Crippen LogP contribution in [0.5, 0.6) is 0 Å². The smallest absolute Gasteiger partial charge is 0.142 e. The van der Waals surface area contributed by atoms with Crippen LogP contribution in [0.1, 0.15) is 24.7 Å². The summed E-state index contributed by atoms with van der Waals surface area (Å²) >= 11 is 13.5. The maximum Gasteiger partial charge on any atom is 0.142 e. The molecule has 0 saturated heterocycles. The zero-order chi connectivity index (χ0) is 14.5. The molecule has 0 bridgehead atoms. The van der Waals surface area contributed by atoms with Crippen molar-refractivity contribution in [3.05, 3.63) is 51.8 Å². The first-order valence-corrected chi connectivity index (χ1v) is 7.94. The fourth-order valence-electron chi connectivity index (χ4n) is 1.70. The van der Waals surface area contributed by atoms with E-state index in [0.717, 1.165) is 18.4 Å². The van der Waals surface area contributed by atoms with E-state index in [1.54, 1.807) is 18.2 Å². The molecule has 6 heteroatoms. The fraction of sp³-hybridized carbons (Fsp3) is 0.286. The van der Waals surface area contributed by atoms with Crippen molar-refractivity contribution >= 4 is 35.0 Å². The lowest BCUT2D eigenvalue weighted by Gasteiger charge is -2.07. The quantitative estimate of drug-likeness (QED) is 0.558. The van der Waals surface area contributed by atoms with Crippen molar-refractivity contribution in [2.24, 2.45) is 0 Å². The summed E-state index contributed by atoms with van der Waals surface area (Å²) in [5.41, 5.74) is 0.774. The Hall–Kier alpha value is -0.840. The Bertz CT molecular complexity index is 584. The molecule has 0 aliphatic carbocycles. The predicted octanol–water partition coefficient (Wildman–Crippen LogP) is 5.17. The van der Waals surface area contributed by atoms with E-state index in [2.05, 4.69) is 9.97 Å². The molecule has 2 rings (SSSR count). The second-order valence-electron chi connectivity index (χ2n) is 4.17. The van der Waals surface area contributed by atoms with Crippen molar-refractivity contribution in [2.45, 2.75) is 30.4 Å². The molecule has 1 heterocycles. The standard InChI is InChI=1S/C14H13Cl2FN2S/c1-2-5-9-13(15)18-12(19-14(9)16)8-20-11-7-4-3-6-10(11)17/h3-4,6-7H,2,5,8H2,1H3. The van der Waals surface area contributed by atoms with Crippen molar-refractivity contribution in [1.29, 1.82) is 0 Å². The van der Waals surface area contributed by atoms with Gasteiger partial charge in [-0.3, -0.25) is 0 Å². The second kappa shape index (κ2) is 7.25. The second-order valence-corrected chi connectivity index (χ2v) is 5.90. The molecule has 0 aliphatic heterocycles. The Morgan fingerprint density at radius 3 is 2.40 bits per heavy atom. The van der Waals surface area contributed by atoms with Crippen LogP contribution in [-0.4, -0.2) is 9.97 Å². The summed E-state index contributed by atoms with van der Waals surface area (Å²) < 4.78 is 13.5. The van der Waals surface area contributed by atoms with Crippen molar-refractivity contribution in [1.82, 2.24) is 9.97 Å². The minimum absolute atomic E-state index is 0.253. The van der Waals surface area contributed by atoms with Gasteiger partial charge in [-0.05, 0) is 18.6 Å². The van der Waals surface area contributed by atoms with Crippen LogP contribution < -0.4 is 0 Å². The first-order valence-electron chi connectivity index (χ1n) is 6.20. The van der Waals surface area contributed by atoms with Crippen LogP contribution in [0.15, 0.2) is 29.2 Å². The van der Waals surface area contributed by atoms with Crippen LogP contribution in [0.2, 0.25) is 10.3 Å². The zero-order valence-electron chi connectivity index (χ0n) is 10.9. The lowest BCUT2D eigenvalue weighted by atomic mass is 10.2. The van der Waals surface area contributed by atoms with Crippen molar-refractivity contribution in [3.63, 3.8) is 0 Å². The third-order valence-corrected chi connectivity index (χ3v) is 4.32. The van der Waals surface area contributed by atoms with E-state index in [-0.39, 0.29) is 5.82 Å². The Morgan fingerprint density at radius 1 is 1.15 bits per heavy atom. The Balaban J connectivity index is 2.13. The van der Waals surface area contributed by atoms with Gasteiger partial charge in [-0.1, -0.05) is 48.7 Å². The van der Waals surface area contributed by atoms with Gasteiger partial charge in [0.2, 0.25) is 0 Å². The van der Waals surface area contributed by atoms with Gasteiger partial charge in [0.1, 0.15) is 21.9 Å². The largest absolute Gasteiger partial charge is 0.220 e. The van der Waals surface area contributed by atoms with Crippen molar-refractivity contribution in [2.75, 3.05) is 0 Å². The van der Waals surface area contributed by atoms with Gasteiger partial charge in [0, 0.05) is 10.5 Å². The summed E-state index contributed by atoms with van der Waals surface area (Å²) in [7, 11) is 0. The van der Waals surface area contributed by atoms with Gasteiger partial charge in [-0.15, -0.1) is 11.8 Å². The highest BCUT2D eigenvalue weighted by Gasteiger charge is 2.11. The average molecular weight is 331 g/mol. The van der Waals surface area contributed by atoms with Gasteiger partial charge in [-0.2, -0.15) is 0 Å². The SMILES string of the molecule is CCCc1c(Cl)nc(CSc2ccccc2F)nc1Cl. The van der Waals surface area contributed by atoms with Crippen LogP contribution in [-0.2, 0) is 12.2 Å². The minimum atomic E-state index is -0.253. The molecule has 0 aliphatic rings. The van der Waals surface area contributed by atoms with Gasteiger partial charge in [0.25, 0.3) is 0 Å². The van der Waals surface area contributed by atoms with E-state index in [1.807, 2.05) is 6.92 Å². The molecule has 0 N–H and O–H groups in total. The van der Waals surface area contributed by atoms with E-state index in [4.69, 9.17) is 23.2 Å². The minimum Gasteiger partial charge on any atom is -0.220 e. The highest BCUT2D eigenvalue weighted by molar-refractivity contribution is 7.98. The van der Waals surface area contributed by atoms with E-state index in [1.165, 1.54) is 17.8 Å². The first-order chi connectivity index (χ1) is 9.61. The molecule has 2 aromatic rings. The van der Waals surface area contributed by atoms with E-state index in [0.29, 0.717) is 26.8 Å². The topological polar surface area (TPSA) is 25.8 Å². The number of nitrogens with zero attached hydrogens (tertiary/aromatic N) is 2. The molecule has 0 saturated carbocycles. The Kier molecular flexibility index (Phi) is 5.64. The van der Waals surface area contributed by atoms with Gasteiger partial charge < -0.3 is 0 Å². The van der Waals surface area contributed by atoms with Gasteiger partial charge in [0.15, 0.2) is 0 Å². The average Bonchev–Trinajstić information content (AvgIpc) is 2.42. The van der Waals surface area contributed by atoms with E-state index < -0.39 is 0 Å².